The smallest absolute Gasteiger partial charge is 0.156 e. The number of thioether (sulfide) groups is 1. The van der Waals surface area contributed by atoms with Crippen molar-refractivity contribution < 1.29 is 4.74 Å². The number of hydrogen-bond acceptors (Lipinski definition) is 4. The Labute approximate surface area is 108 Å². The van der Waals surface area contributed by atoms with Crippen molar-refractivity contribution in [3.8, 4) is 0 Å². The fraction of sp³-hybridized carbons (Fsp3) is 0.923. The molecule has 2 unspecified atom stereocenters. The number of nitrogens with one attached hydrogen (secondary N) is 1. The van der Waals surface area contributed by atoms with E-state index in [0.717, 1.165) is 24.7 Å². The highest BCUT2D eigenvalue weighted by Crippen LogP contribution is 2.43. The second kappa shape index (κ2) is 4.81. The van der Waals surface area contributed by atoms with Crippen LogP contribution in [0.25, 0.3) is 0 Å². The standard InChI is InChI=1S/C13H22N2OS/c1-10-11(4-7-16-10)15-12-14-8-13(9-17-12)5-2-3-6-13/h10-11H,2-9H2,1H3,(H,14,15). The topological polar surface area (TPSA) is 33.6 Å². The van der Waals surface area contributed by atoms with Crippen molar-refractivity contribution >= 4 is 16.9 Å². The Kier molecular flexibility index (Phi) is 3.35. The molecule has 2 aliphatic heterocycles. The van der Waals surface area contributed by atoms with Gasteiger partial charge in [-0.25, -0.2) is 0 Å². The Morgan fingerprint density at radius 1 is 1.41 bits per heavy atom. The van der Waals surface area contributed by atoms with Gasteiger partial charge in [-0.05, 0) is 31.6 Å². The monoisotopic (exact) mass is 254 g/mol. The summed E-state index contributed by atoms with van der Waals surface area (Å²) in [6, 6.07) is 0.471. The molecule has 3 rings (SSSR count). The molecule has 96 valence electrons. The molecule has 1 saturated heterocycles. The van der Waals surface area contributed by atoms with Gasteiger partial charge in [0, 0.05) is 18.9 Å². The normalized spacial score (nSPS) is 36.2. The highest BCUT2D eigenvalue weighted by molar-refractivity contribution is 8.13. The van der Waals surface area contributed by atoms with Crippen LogP contribution in [0.5, 0.6) is 0 Å². The minimum Gasteiger partial charge on any atom is -0.376 e. The summed E-state index contributed by atoms with van der Waals surface area (Å²) in [5, 5.41) is 4.72. The first-order valence-electron chi connectivity index (χ1n) is 6.83. The van der Waals surface area contributed by atoms with Gasteiger partial charge in [-0.3, -0.25) is 4.99 Å². The van der Waals surface area contributed by atoms with Crippen molar-refractivity contribution in [2.24, 2.45) is 10.4 Å². The van der Waals surface area contributed by atoms with E-state index >= 15 is 0 Å². The van der Waals surface area contributed by atoms with Crippen LogP contribution >= 0.6 is 11.8 Å². The molecule has 0 aromatic heterocycles. The summed E-state index contributed by atoms with van der Waals surface area (Å²) in [6.07, 6.45) is 7.05. The maximum absolute atomic E-state index is 5.57. The van der Waals surface area contributed by atoms with Crippen LogP contribution in [0.1, 0.15) is 39.0 Å². The lowest BCUT2D eigenvalue weighted by molar-refractivity contribution is 0.116. The van der Waals surface area contributed by atoms with Gasteiger partial charge in [0.15, 0.2) is 5.17 Å². The molecular weight excluding hydrogens is 232 g/mol. The van der Waals surface area contributed by atoms with Gasteiger partial charge in [0.1, 0.15) is 0 Å². The molecule has 3 nitrogen and oxygen atoms in total. The number of nitrogens with zero attached hydrogens (tertiary/aromatic N) is 1. The van der Waals surface area contributed by atoms with Crippen LogP contribution in [0.15, 0.2) is 4.99 Å². The Morgan fingerprint density at radius 2 is 2.24 bits per heavy atom. The Hall–Kier alpha value is -0.220. The van der Waals surface area contributed by atoms with Crippen LogP contribution in [-0.4, -0.2) is 36.2 Å². The van der Waals surface area contributed by atoms with Crippen molar-refractivity contribution in [1.82, 2.24) is 5.32 Å². The largest absolute Gasteiger partial charge is 0.376 e. The molecule has 1 aliphatic carbocycles. The number of rotatable bonds is 1. The van der Waals surface area contributed by atoms with Crippen LogP contribution in [-0.2, 0) is 4.74 Å². The summed E-state index contributed by atoms with van der Waals surface area (Å²) >= 11 is 1.93. The molecule has 2 heterocycles. The molecule has 1 spiro atoms. The number of hydrogen-bond donors (Lipinski definition) is 1. The Morgan fingerprint density at radius 3 is 2.82 bits per heavy atom. The van der Waals surface area contributed by atoms with E-state index in [-0.39, 0.29) is 0 Å². The molecular formula is C13H22N2OS. The summed E-state index contributed by atoms with van der Waals surface area (Å²) in [5.74, 6) is 1.26. The van der Waals surface area contributed by atoms with Crippen LogP contribution in [0.3, 0.4) is 0 Å². The Bertz CT molecular complexity index is 313. The van der Waals surface area contributed by atoms with Crippen molar-refractivity contribution in [1.29, 1.82) is 0 Å². The van der Waals surface area contributed by atoms with Crippen molar-refractivity contribution in [3.63, 3.8) is 0 Å². The van der Waals surface area contributed by atoms with E-state index in [1.807, 2.05) is 11.8 Å². The molecule has 2 atom stereocenters. The molecule has 3 aliphatic rings. The third kappa shape index (κ3) is 2.48. The maximum atomic E-state index is 5.57. The third-order valence-corrected chi connectivity index (χ3v) is 5.70. The maximum Gasteiger partial charge on any atom is 0.156 e. The minimum atomic E-state index is 0.334. The lowest BCUT2D eigenvalue weighted by Gasteiger charge is -2.32. The van der Waals surface area contributed by atoms with Crippen LogP contribution in [0, 0.1) is 5.41 Å². The zero-order valence-electron chi connectivity index (χ0n) is 10.6. The van der Waals surface area contributed by atoms with Gasteiger partial charge in [0.05, 0.1) is 12.1 Å². The first-order valence-corrected chi connectivity index (χ1v) is 7.81. The lowest BCUT2D eigenvalue weighted by atomic mass is 9.89. The van der Waals surface area contributed by atoms with E-state index in [2.05, 4.69) is 12.2 Å². The highest BCUT2D eigenvalue weighted by atomic mass is 32.2. The van der Waals surface area contributed by atoms with Gasteiger partial charge in [-0.2, -0.15) is 0 Å². The molecule has 0 aromatic carbocycles. The summed E-state index contributed by atoms with van der Waals surface area (Å²) < 4.78 is 5.57. The molecule has 1 N–H and O–H groups in total. The molecule has 0 bridgehead atoms. The van der Waals surface area contributed by atoms with Gasteiger partial charge in [0.25, 0.3) is 0 Å². The number of ether oxygens (including phenoxy) is 1. The minimum absolute atomic E-state index is 0.334. The average Bonchev–Trinajstić information content (AvgIpc) is 2.94. The van der Waals surface area contributed by atoms with Crippen LogP contribution < -0.4 is 5.32 Å². The average molecular weight is 254 g/mol. The zero-order valence-corrected chi connectivity index (χ0v) is 11.4. The molecule has 17 heavy (non-hydrogen) atoms. The first kappa shape index (κ1) is 11.8. The van der Waals surface area contributed by atoms with Gasteiger partial charge in [0.2, 0.25) is 0 Å². The fourth-order valence-corrected chi connectivity index (χ4v) is 4.36. The van der Waals surface area contributed by atoms with Gasteiger partial charge >= 0.3 is 0 Å². The summed E-state index contributed by atoms with van der Waals surface area (Å²) in [6.45, 7) is 4.09. The number of aliphatic imine (C=N–C) groups is 1. The predicted molar refractivity (Wildman–Crippen MR) is 72.6 cm³/mol. The predicted octanol–water partition coefficient (Wildman–Crippen LogP) is 2.42. The first-order chi connectivity index (χ1) is 8.27. The van der Waals surface area contributed by atoms with Crippen LogP contribution in [0.2, 0.25) is 0 Å². The van der Waals surface area contributed by atoms with Crippen molar-refractivity contribution in [2.45, 2.75) is 51.2 Å². The van der Waals surface area contributed by atoms with Crippen molar-refractivity contribution in [2.75, 3.05) is 18.9 Å². The van der Waals surface area contributed by atoms with E-state index in [1.54, 1.807) is 0 Å². The second-order valence-corrected chi connectivity index (χ2v) is 6.70. The van der Waals surface area contributed by atoms with Crippen LogP contribution in [0.4, 0.5) is 0 Å². The molecule has 4 heteroatoms. The van der Waals surface area contributed by atoms with Crippen molar-refractivity contribution in [3.05, 3.63) is 0 Å². The summed E-state index contributed by atoms with van der Waals surface area (Å²) in [4.78, 5) is 4.78. The van der Waals surface area contributed by atoms with Gasteiger partial charge in [-0.1, -0.05) is 24.6 Å². The molecule has 0 amide bonds. The van der Waals surface area contributed by atoms with E-state index in [9.17, 15) is 0 Å². The molecule has 0 aromatic rings. The van der Waals surface area contributed by atoms with E-state index < -0.39 is 0 Å². The van der Waals surface area contributed by atoms with E-state index in [0.29, 0.717) is 17.6 Å². The van der Waals surface area contributed by atoms with E-state index in [1.165, 1.54) is 31.4 Å². The lowest BCUT2D eigenvalue weighted by Crippen LogP contribution is -2.41. The molecule has 0 radical (unpaired) electrons. The number of amidine groups is 1. The molecule has 1 saturated carbocycles. The Balaban J connectivity index is 1.57. The third-order valence-electron chi connectivity index (χ3n) is 4.42. The quantitative estimate of drug-likeness (QED) is 0.780. The van der Waals surface area contributed by atoms with Gasteiger partial charge < -0.3 is 10.1 Å². The summed E-state index contributed by atoms with van der Waals surface area (Å²) in [7, 11) is 0. The van der Waals surface area contributed by atoms with E-state index in [4.69, 9.17) is 9.73 Å². The fourth-order valence-electron chi connectivity index (χ4n) is 3.15. The SMILES string of the molecule is CC1OCCC1NC1=NCC2(CCCC2)CS1. The zero-order chi connectivity index (χ0) is 11.7. The highest BCUT2D eigenvalue weighted by Gasteiger charge is 2.37. The second-order valence-electron chi connectivity index (χ2n) is 5.73. The van der Waals surface area contributed by atoms with Gasteiger partial charge in [-0.15, -0.1) is 0 Å². The summed E-state index contributed by atoms with van der Waals surface area (Å²) in [5.41, 5.74) is 0.549. The molecule has 2 fully saturated rings.